The minimum Gasteiger partial charge on any atom is -0.491 e. The fourth-order valence-electron chi connectivity index (χ4n) is 2.82. The van der Waals surface area contributed by atoms with Crippen molar-refractivity contribution in [2.75, 3.05) is 19.8 Å². The molecule has 2 N–H and O–H groups in total. The van der Waals surface area contributed by atoms with Gasteiger partial charge in [-0.25, -0.2) is 0 Å². The van der Waals surface area contributed by atoms with Gasteiger partial charge in [0.15, 0.2) is 0 Å². The van der Waals surface area contributed by atoms with E-state index in [2.05, 4.69) is 10.6 Å². The van der Waals surface area contributed by atoms with Crippen molar-refractivity contribution in [3.8, 4) is 5.75 Å². The van der Waals surface area contributed by atoms with Crippen molar-refractivity contribution in [1.82, 2.24) is 10.6 Å². The van der Waals surface area contributed by atoms with E-state index < -0.39 is 6.04 Å². The first-order valence-corrected chi connectivity index (χ1v) is 8.15. The number of nitrogens with one attached hydrogen (secondary N) is 2. The molecule has 0 saturated carbocycles. The molecule has 2 heterocycles. The predicted molar refractivity (Wildman–Crippen MR) is 84.4 cm³/mol. The first-order valence-electron chi connectivity index (χ1n) is 8.15. The fraction of sp³-hybridized carbons (Fsp3) is 0.529. The average Bonchev–Trinajstić information content (AvgIpc) is 3.09. The van der Waals surface area contributed by atoms with Crippen molar-refractivity contribution >= 4 is 11.8 Å². The lowest BCUT2D eigenvalue weighted by Crippen LogP contribution is -2.50. The maximum atomic E-state index is 12.2. The monoisotopic (exact) mass is 318 g/mol. The molecule has 1 aromatic rings. The van der Waals surface area contributed by atoms with Crippen molar-refractivity contribution in [2.24, 2.45) is 0 Å². The Hall–Kier alpha value is -2.08. The minimum atomic E-state index is -0.438. The highest BCUT2D eigenvalue weighted by molar-refractivity contribution is 5.97. The number of amides is 2. The smallest absolute Gasteiger partial charge is 0.251 e. The normalized spacial score (nSPS) is 24.1. The van der Waals surface area contributed by atoms with Crippen molar-refractivity contribution in [1.29, 1.82) is 0 Å². The molecule has 2 saturated heterocycles. The van der Waals surface area contributed by atoms with Gasteiger partial charge in [0.1, 0.15) is 18.4 Å². The summed E-state index contributed by atoms with van der Waals surface area (Å²) < 4.78 is 11.2. The molecule has 2 fully saturated rings. The third kappa shape index (κ3) is 4.22. The van der Waals surface area contributed by atoms with Crippen LogP contribution >= 0.6 is 0 Å². The third-order valence-corrected chi connectivity index (χ3v) is 4.17. The van der Waals surface area contributed by atoms with Crippen LogP contribution in [0.1, 0.15) is 36.0 Å². The zero-order chi connectivity index (χ0) is 16.1. The first kappa shape index (κ1) is 15.8. The Morgan fingerprint density at radius 2 is 2.09 bits per heavy atom. The van der Waals surface area contributed by atoms with E-state index in [4.69, 9.17) is 9.47 Å². The second-order valence-electron chi connectivity index (χ2n) is 5.93. The molecule has 2 aliphatic rings. The summed E-state index contributed by atoms with van der Waals surface area (Å²) in [5.74, 6) is 0.367. The molecule has 6 heteroatoms. The maximum absolute atomic E-state index is 12.2. The molecule has 23 heavy (non-hydrogen) atoms. The second-order valence-corrected chi connectivity index (χ2v) is 5.93. The number of carbonyl (C=O) groups excluding carboxylic acids is 2. The highest BCUT2D eigenvalue weighted by Crippen LogP contribution is 2.17. The Balaban J connectivity index is 1.51. The Morgan fingerprint density at radius 1 is 1.26 bits per heavy atom. The van der Waals surface area contributed by atoms with E-state index in [1.54, 1.807) is 24.3 Å². The van der Waals surface area contributed by atoms with Crippen LogP contribution in [0.5, 0.6) is 5.75 Å². The summed E-state index contributed by atoms with van der Waals surface area (Å²) in [6.07, 6.45) is 3.85. The van der Waals surface area contributed by atoms with Crippen molar-refractivity contribution in [3.05, 3.63) is 29.8 Å². The summed E-state index contributed by atoms with van der Waals surface area (Å²) in [4.78, 5) is 23.9. The quantitative estimate of drug-likeness (QED) is 0.857. The predicted octanol–water partition coefficient (Wildman–Crippen LogP) is 1.25. The number of hydrogen-bond acceptors (Lipinski definition) is 4. The Morgan fingerprint density at radius 3 is 2.78 bits per heavy atom. The van der Waals surface area contributed by atoms with Gasteiger partial charge in [0.05, 0.1) is 6.10 Å². The lowest BCUT2D eigenvalue weighted by molar-refractivity contribution is -0.124. The lowest BCUT2D eigenvalue weighted by atomic mass is 10.1. The molecule has 0 radical (unpaired) electrons. The third-order valence-electron chi connectivity index (χ3n) is 4.17. The van der Waals surface area contributed by atoms with Crippen LogP contribution in [0.15, 0.2) is 24.3 Å². The van der Waals surface area contributed by atoms with Crippen molar-refractivity contribution < 1.29 is 19.1 Å². The molecule has 0 aromatic heterocycles. The summed E-state index contributed by atoms with van der Waals surface area (Å²) in [6.45, 7) is 2.03. The fourth-order valence-corrected chi connectivity index (χ4v) is 2.82. The van der Waals surface area contributed by atoms with Gasteiger partial charge < -0.3 is 20.1 Å². The Bertz CT molecular complexity index is 552. The zero-order valence-corrected chi connectivity index (χ0v) is 13.0. The first-order chi connectivity index (χ1) is 11.2. The highest BCUT2D eigenvalue weighted by atomic mass is 16.5. The molecular weight excluding hydrogens is 296 g/mol. The summed E-state index contributed by atoms with van der Waals surface area (Å²) in [6, 6.07) is 6.52. The van der Waals surface area contributed by atoms with Crippen LogP contribution in [0, 0.1) is 0 Å². The van der Waals surface area contributed by atoms with Crippen LogP contribution in [0.3, 0.4) is 0 Å². The summed E-state index contributed by atoms with van der Waals surface area (Å²) in [7, 11) is 0. The van der Waals surface area contributed by atoms with Crippen LogP contribution in [0.2, 0.25) is 0 Å². The van der Waals surface area contributed by atoms with E-state index in [0.717, 1.165) is 25.9 Å². The van der Waals surface area contributed by atoms with Crippen LogP contribution in [0.4, 0.5) is 0 Å². The molecule has 2 aliphatic heterocycles. The van der Waals surface area contributed by atoms with Gasteiger partial charge in [-0.2, -0.15) is 0 Å². The molecule has 0 unspecified atom stereocenters. The van der Waals surface area contributed by atoms with E-state index in [1.807, 2.05) is 0 Å². The number of benzene rings is 1. The number of carbonyl (C=O) groups is 2. The summed E-state index contributed by atoms with van der Waals surface area (Å²) in [5.41, 5.74) is 0.521. The van der Waals surface area contributed by atoms with Crippen LogP contribution in [-0.2, 0) is 9.53 Å². The molecule has 0 aliphatic carbocycles. The van der Waals surface area contributed by atoms with E-state index in [-0.39, 0.29) is 17.9 Å². The van der Waals surface area contributed by atoms with Crippen molar-refractivity contribution in [2.45, 2.75) is 37.8 Å². The van der Waals surface area contributed by atoms with Gasteiger partial charge in [0.2, 0.25) is 5.91 Å². The minimum absolute atomic E-state index is 0.110. The average molecular weight is 318 g/mol. The van der Waals surface area contributed by atoms with Crippen LogP contribution in [-0.4, -0.2) is 43.7 Å². The molecular formula is C17H22N2O4. The number of hydrogen-bond donors (Lipinski definition) is 2. The topological polar surface area (TPSA) is 76.7 Å². The summed E-state index contributed by atoms with van der Waals surface area (Å²) in [5, 5.41) is 5.53. The van der Waals surface area contributed by atoms with Gasteiger partial charge in [-0.15, -0.1) is 0 Å². The van der Waals surface area contributed by atoms with Gasteiger partial charge >= 0.3 is 0 Å². The van der Waals surface area contributed by atoms with Crippen LogP contribution < -0.4 is 15.4 Å². The van der Waals surface area contributed by atoms with Crippen LogP contribution in [0.25, 0.3) is 0 Å². The van der Waals surface area contributed by atoms with E-state index in [1.165, 1.54) is 0 Å². The largest absolute Gasteiger partial charge is 0.491 e. The zero-order valence-electron chi connectivity index (χ0n) is 13.0. The highest BCUT2D eigenvalue weighted by Gasteiger charge is 2.24. The second kappa shape index (κ2) is 7.46. The Labute approximate surface area is 135 Å². The molecule has 6 nitrogen and oxygen atoms in total. The van der Waals surface area contributed by atoms with Gasteiger partial charge in [-0.1, -0.05) is 0 Å². The van der Waals surface area contributed by atoms with Gasteiger partial charge in [0.25, 0.3) is 5.91 Å². The maximum Gasteiger partial charge on any atom is 0.251 e. The molecule has 124 valence electrons. The molecule has 0 bridgehead atoms. The lowest BCUT2D eigenvalue weighted by Gasteiger charge is -2.22. The van der Waals surface area contributed by atoms with E-state index >= 15 is 0 Å². The summed E-state index contributed by atoms with van der Waals surface area (Å²) >= 11 is 0. The van der Waals surface area contributed by atoms with E-state index in [9.17, 15) is 9.59 Å². The SMILES string of the molecule is O=C(N[C@H]1CCCNC1=O)c1ccc(OC[C@@H]2CCCO2)cc1. The van der Waals surface area contributed by atoms with Gasteiger partial charge in [0, 0.05) is 18.7 Å². The molecule has 1 aromatic carbocycles. The Kier molecular flexibility index (Phi) is 5.12. The molecule has 0 spiro atoms. The number of ether oxygens (including phenoxy) is 2. The molecule has 2 amide bonds. The van der Waals surface area contributed by atoms with Crippen molar-refractivity contribution in [3.63, 3.8) is 0 Å². The van der Waals surface area contributed by atoms with E-state index in [0.29, 0.717) is 30.9 Å². The molecule has 3 rings (SSSR count). The molecule has 2 atom stereocenters. The number of rotatable bonds is 5. The van der Waals surface area contributed by atoms with Gasteiger partial charge in [-0.05, 0) is 49.9 Å². The number of piperidine rings is 1. The van der Waals surface area contributed by atoms with Gasteiger partial charge in [-0.3, -0.25) is 9.59 Å². The standard InChI is InChI=1S/C17H22N2O4/c20-16(19-15-4-1-9-18-17(15)21)12-5-7-13(8-6-12)23-11-14-3-2-10-22-14/h5-8,14-15H,1-4,9-11H2,(H,18,21)(H,19,20)/t14-,15-/m0/s1.